The molecule has 0 atom stereocenters. The molecule has 0 spiro atoms. The van der Waals surface area contributed by atoms with Crippen LogP contribution in [-0.4, -0.2) is 46.4 Å². The van der Waals surface area contributed by atoms with Crippen LogP contribution in [0.15, 0.2) is 24.3 Å². The van der Waals surface area contributed by atoms with Crippen molar-refractivity contribution in [3.63, 3.8) is 0 Å². The fourth-order valence-electron chi connectivity index (χ4n) is 2.71. The van der Waals surface area contributed by atoms with E-state index in [2.05, 4.69) is 7.05 Å². The Morgan fingerprint density at radius 1 is 1.09 bits per heavy atom. The summed E-state index contributed by atoms with van der Waals surface area (Å²) >= 11 is 0. The minimum Gasteiger partial charge on any atom is -0.494 e. The lowest BCUT2D eigenvalue weighted by Crippen LogP contribution is -3.27. The molecular formula is C16H25F3N2O+2. The van der Waals surface area contributed by atoms with Gasteiger partial charge in [0.25, 0.3) is 0 Å². The molecule has 1 aromatic carbocycles. The van der Waals surface area contributed by atoms with Crippen LogP contribution in [0.2, 0.25) is 0 Å². The van der Waals surface area contributed by atoms with E-state index in [1.165, 1.54) is 32.2 Å². The molecule has 1 saturated heterocycles. The summed E-state index contributed by atoms with van der Waals surface area (Å²) in [7, 11) is 2.22. The van der Waals surface area contributed by atoms with Gasteiger partial charge in [0.2, 0.25) is 0 Å². The standard InChI is InChI=1S/C16H23F3N2O/c1-20-8-10-21(11-9-20)7-2-3-12-22-15-6-4-5-14(13-15)16(17,18)19/h4-6,13H,2-3,7-12H2,1H3/p+2. The van der Waals surface area contributed by atoms with Crippen LogP contribution in [0.25, 0.3) is 0 Å². The predicted octanol–water partition coefficient (Wildman–Crippen LogP) is 0.278. The Bertz CT molecular complexity index is 457. The molecule has 3 nitrogen and oxygen atoms in total. The lowest BCUT2D eigenvalue weighted by Gasteiger charge is -2.27. The Hall–Kier alpha value is -1.27. The number of rotatable bonds is 6. The fourth-order valence-corrected chi connectivity index (χ4v) is 2.71. The van der Waals surface area contributed by atoms with Gasteiger partial charge in [-0.25, -0.2) is 0 Å². The molecular weight excluding hydrogens is 293 g/mol. The zero-order chi connectivity index (χ0) is 16.0. The minimum absolute atomic E-state index is 0.297. The van der Waals surface area contributed by atoms with Crippen LogP contribution in [0.4, 0.5) is 13.2 Å². The van der Waals surface area contributed by atoms with E-state index in [1.54, 1.807) is 15.9 Å². The lowest BCUT2D eigenvalue weighted by atomic mass is 10.2. The monoisotopic (exact) mass is 318 g/mol. The van der Waals surface area contributed by atoms with Gasteiger partial charge in [-0.3, -0.25) is 0 Å². The zero-order valence-electron chi connectivity index (χ0n) is 13.0. The fraction of sp³-hybridized carbons (Fsp3) is 0.625. The number of hydrogen-bond acceptors (Lipinski definition) is 1. The summed E-state index contributed by atoms with van der Waals surface area (Å²) in [5, 5.41) is 0. The first kappa shape index (κ1) is 17.1. The summed E-state index contributed by atoms with van der Waals surface area (Å²) in [6, 6.07) is 5.08. The summed E-state index contributed by atoms with van der Waals surface area (Å²) in [5.41, 5.74) is -0.658. The summed E-state index contributed by atoms with van der Waals surface area (Å²) in [4.78, 5) is 3.22. The Morgan fingerprint density at radius 3 is 2.50 bits per heavy atom. The van der Waals surface area contributed by atoms with Crippen molar-refractivity contribution in [1.82, 2.24) is 0 Å². The SMILES string of the molecule is C[NH+]1CC[NH+](CCCCOc2cccc(C(F)(F)F)c2)CC1. The second kappa shape index (κ2) is 7.83. The first-order valence-electron chi connectivity index (χ1n) is 7.90. The van der Waals surface area contributed by atoms with Gasteiger partial charge in [-0.15, -0.1) is 0 Å². The van der Waals surface area contributed by atoms with Crippen LogP contribution in [0, 0.1) is 0 Å². The maximum Gasteiger partial charge on any atom is 0.416 e. The largest absolute Gasteiger partial charge is 0.494 e. The van der Waals surface area contributed by atoms with E-state index in [-0.39, 0.29) is 0 Å². The smallest absolute Gasteiger partial charge is 0.416 e. The average molecular weight is 318 g/mol. The maximum absolute atomic E-state index is 12.6. The molecule has 0 amide bonds. The molecule has 1 aliphatic rings. The first-order chi connectivity index (χ1) is 10.4. The summed E-state index contributed by atoms with van der Waals surface area (Å²) in [5.74, 6) is 0.297. The van der Waals surface area contributed by atoms with Gasteiger partial charge >= 0.3 is 6.18 Å². The Labute approximate surface area is 129 Å². The van der Waals surface area contributed by atoms with Gasteiger partial charge in [0.1, 0.15) is 31.9 Å². The molecule has 124 valence electrons. The molecule has 1 aromatic rings. The quantitative estimate of drug-likeness (QED) is 0.721. The molecule has 6 heteroatoms. The third kappa shape index (κ3) is 5.50. The zero-order valence-corrected chi connectivity index (χ0v) is 13.0. The number of hydrogen-bond donors (Lipinski definition) is 2. The number of halogens is 3. The van der Waals surface area contributed by atoms with Crippen molar-refractivity contribution < 1.29 is 27.7 Å². The van der Waals surface area contributed by atoms with Crippen molar-refractivity contribution in [3.05, 3.63) is 29.8 Å². The van der Waals surface area contributed by atoms with Gasteiger partial charge in [0.15, 0.2) is 0 Å². The van der Waals surface area contributed by atoms with Crippen molar-refractivity contribution in [3.8, 4) is 5.75 Å². The highest BCUT2D eigenvalue weighted by molar-refractivity contribution is 5.30. The molecule has 1 heterocycles. The van der Waals surface area contributed by atoms with Gasteiger partial charge in [0, 0.05) is 0 Å². The molecule has 22 heavy (non-hydrogen) atoms. The van der Waals surface area contributed by atoms with Crippen LogP contribution in [-0.2, 0) is 6.18 Å². The number of benzene rings is 1. The van der Waals surface area contributed by atoms with Crippen molar-refractivity contribution >= 4 is 0 Å². The van der Waals surface area contributed by atoms with Gasteiger partial charge in [-0.05, 0) is 31.0 Å². The number of quaternary nitrogens is 2. The first-order valence-corrected chi connectivity index (χ1v) is 7.90. The number of nitrogens with one attached hydrogen (secondary N) is 2. The van der Waals surface area contributed by atoms with E-state index in [9.17, 15) is 13.2 Å². The van der Waals surface area contributed by atoms with Crippen molar-refractivity contribution in [1.29, 1.82) is 0 Å². The number of alkyl halides is 3. The van der Waals surface area contributed by atoms with E-state index in [0.29, 0.717) is 12.4 Å². The van der Waals surface area contributed by atoms with Crippen LogP contribution in [0.3, 0.4) is 0 Å². The molecule has 0 saturated carbocycles. The molecule has 2 N–H and O–H groups in total. The normalized spacial score (nSPS) is 22.5. The summed E-state index contributed by atoms with van der Waals surface area (Å²) < 4.78 is 43.2. The summed E-state index contributed by atoms with van der Waals surface area (Å²) in [6.07, 6.45) is -2.39. The Kier molecular flexibility index (Phi) is 6.08. The van der Waals surface area contributed by atoms with E-state index < -0.39 is 11.7 Å². The second-order valence-corrected chi connectivity index (χ2v) is 6.04. The summed E-state index contributed by atoms with van der Waals surface area (Å²) in [6.45, 7) is 6.45. The van der Waals surface area contributed by atoms with Crippen LogP contribution < -0.4 is 14.5 Å². The van der Waals surface area contributed by atoms with Gasteiger partial charge in [-0.1, -0.05) is 6.07 Å². The van der Waals surface area contributed by atoms with Crippen LogP contribution in [0.1, 0.15) is 18.4 Å². The van der Waals surface area contributed by atoms with Gasteiger partial charge < -0.3 is 14.5 Å². The molecule has 0 unspecified atom stereocenters. The highest BCUT2D eigenvalue weighted by Crippen LogP contribution is 2.31. The van der Waals surface area contributed by atoms with Gasteiger partial charge in [0.05, 0.1) is 25.8 Å². The van der Waals surface area contributed by atoms with E-state index in [4.69, 9.17) is 4.74 Å². The lowest BCUT2D eigenvalue weighted by molar-refractivity contribution is -1.00. The van der Waals surface area contributed by atoms with Crippen molar-refractivity contribution in [2.75, 3.05) is 46.4 Å². The number of piperazine rings is 1. The van der Waals surface area contributed by atoms with Crippen molar-refractivity contribution in [2.24, 2.45) is 0 Å². The number of ether oxygens (including phenoxy) is 1. The second-order valence-electron chi connectivity index (χ2n) is 6.04. The molecule has 0 aliphatic carbocycles. The average Bonchev–Trinajstić information content (AvgIpc) is 2.48. The molecule has 2 rings (SSSR count). The Balaban J connectivity index is 1.64. The van der Waals surface area contributed by atoms with E-state index in [1.807, 2.05) is 0 Å². The molecule has 1 aliphatic heterocycles. The molecule has 0 bridgehead atoms. The highest BCUT2D eigenvalue weighted by atomic mass is 19.4. The van der Waals surface area contributed by atoms with Crippen molar-refractivity contribution in [2.45, 2.75) is 19.0 Å². The number of unbranched alkanes of at least 4 members (excludes halogenated alkanes) is 1. The van der Waals surface area contributed by atoms with E-state index >= 15 is 0 Å². The minimum atomic E-state index is -4.31. The molecule has 1 fully saturated rings. The number of likely N-dealkylation sites (N-methyl/N-ethyl adjacent to an activating group) is 1. The van der Waals surface area contributed by atoms with Gasteiger partial charge in [-0.2, -0.15) is 13.2 Å². The predicted molar refractivity (Wildman–Crippen MR) is 78.4 cm³/mol. The maximum atomic E-state index is 12.6. The third-order valence-electron chi connectivity index (χ3n) is 4.17. The third-order valence-corrected chi connectivity index (χ3v) is 4.17. The highest BCUT2D eigenvalue weighted by Gasteiger charge is 2.30. The van der Waals surface area contributed by atoms with Crippen LogP contribution in [0.5, 0.6) is 5.75 Å². The molecule has 0 radical (unpaired) electrons. The topological polar surface area (TPSA) is 18.1 Å². The molecule has 0 aromatic heterocycles. The van der Waals surface area contributed by atoms with Crippen LogP contribution >= 0.6 is 0 Å². The Morgan fingerprint density at radius 2 is 1.82 bits per heavy atom. The van der Waals surface area contributed by atoms with E-state index in [0.717, 1.165) is 31.5 Å².